The molecule has 0 N–H and O–H groups in total. The summed E-state index contributed by atoms with van der Waals surface area (Å²) in [5, 5.41) is 0.503. The van der Waals surface area contributed by atoms with Gasteiger partial charge in [-0.2, -0.15) is 0 Å². The molecule has 0 spiro atoms. The molecule has 1 aliphatic rings. The first-order valence-electron chi connectivity index (χ1n) is 10.5. The van der Waals surface area contributed by atoms with Crippen molar-refractivity contribution < 1.29 is 4.79 Å². The van der Waals surface area contributed by atoms with Crippen LogP contribution in [0.5, 0.6) is 0 Å². The molecule has 0 unspecified atom stereocenters. The number of nitrogens with zero attached hydrogens (tertiary/aromatic N) is 2. The topological polar surface area (TPSA) is 23.6 Å². The summed E-state index contributed by atoms with van der Waals surface area (Å²) in [6.07, 6.45) is 0.996. The van der Waals surface area contributed by atoms with Gasteiger partial charge in [0.05, 0.1) is 18.3 Å². The van der Waals surface area contributed by atoms with Crippen LogP contribution >= 0.6 is 11.8 Å². The highest BCUT2D eigenvalue weighted by Gasteiger charge is 2.27. The lowest BCUT2D eigenvalue weighted by Gasteiger charge is -2.31. The van der Waals surface area contributed by atoms with Gasteiger partial charge in [0.15, 0.2) is 0 Å². The standard InChI is InChI=1S/C26H28N2OS/c1-20-17-18-28(23-15-9-10-16-24(23)30-20)25(29)19-27(2)26(21-11-5-3-6-12-21)22-13-7-4-8-14-22/h3-16,20,26H,17-19H2,1-2H3/t20-/m0/s1. The lowest BCUT2D eigenvalue weighted by atomic mass is 9.97. The van der Waals surface area contributed by atoms with E-state index < -0.39 is 0 Å². The number of thioether (sulfide) groups is 1. The lowest BCUT2D eigenvalue weighted by molar-refractivity contribution is -0.119. The van der Waals surface area contributed by atoms with Crippen molar-refractivity contribution in [2.75, 3.05) is 25.0 Å². The van der Waals surface area contributed by atoms with Gasteiger partial charge in [-0.1, -0.05) is 79.7 Å². The van der Waals surface area contributed by atoms with Gasteiger partial charge in [0.1, 0.15) is 0 Å². The third-order valence-electron chi connectivity index (χ3n) is 5.60. The highest BCUT2D eigenvalue weighted by Crippen LogP contribution is 2.37. The van der Waals surface area contributed by atoms with Crippen LogP contribution in [0, 0.1) is 0 Å². The number of anilines is 1. The van der Waals surface area contributed by atoms with Crippen LogP contribution in [-0.2, 0) is 4.79 Å². The fraction of sp³-hybridized carbons (Fsp3) is 0.269. The lowest BCUT2D eigenvalue weighted by Crippen LogP contribution is -2.41. The third kappa shape index (κ3) is 4.61. The van der Waals surface area contributed by atoms with Crippen LogP contribution in [-0.4, -0.2) is 36.2 Å². The molecule has 30 heavy (non-hydrogen) atoms. The molecule has 0 saturated heterocycles. The van der Waals surface area contributed by atoms with E-state index in [1.54, 1.807) is 0 Å². The molecule has 0 aliphatic carbocycles. The van der Waals surface area contributed by atoms with E-state index in [-0.39, 0.29) is 11.9 Å². The highest BCUT2D eigenvalue weighted by molar-refractivity contribution is 8.00. The predicted molar refractivity (Wildman–Crippen MR) is 126 cm³/mol. The largest absolute Gasteiger partial charge is 0.310 e. The second-order valence-electron chi connectivity index (χ2n) is 7.87. The molecule has 4 rings (SSSR count). The Bertz CT molecular complexity index is 937. The summed E-state index contributed by atoms with van der Waals surface area (Å²) in [4.78, 5) is 18.8. The molecule has 1 amide bonds. The molecule has 154 valence electrons. The first-order valence-corrected chi connectivity index (χ1v) is 11.4. The second-order valence-corrected chi connectivity index (χ2v) is 9.35. The van der Waals surface area contributed by atoms with Crippen LogP contribution in [0.15, 0.2) is 89.8 Å². The van der Waals surface area contributed by atoms with Gasteiger partial charge in [0.25, 0.3) is 0 Å². The Morgan fingerprint density at radius 3 is 2.17 bits per heavy atom. The Morgan fingerprint density at radius 1 is 0.967 bits per heavy atom. The van der Waals surface area contributed by atoms with Crippen molar-refractivity contribution in [1.29, 1.82) is 0 Å². The van der Waals surface area contributed by atoms with E-state index in [0.29, 0.717) is 11.8 Å². The van der Waals surface area contributed by atoms with Crippen molar-refractivity contribution in [2.45, 2.75) is 29.5 Å². The smallest absolute Gasteiger partial charge is 0.241 e. The number of fused-ring (bicyclic) bond motifs is 1. The number of likely N-dealkylation sites (N-methyl/N-ethyl adjacent to an activating group) is 1. The van der Waals surface area contributed by atoms with E-state index in [2.05, 4.69) is 78.6 Å². The molecule has 1 atom stereocenters. The van der Waals surface area contributed by atoms with Crippen LogP contribution in [0.3, 0.4) is 0 Å². The van der Waals surface area contributed by atoms with Crippen LogP contribution in [0.1, 0.15) is 30.5 Å². The predicted octanol–water partition coefficient (Wildman–Crippen LogP) is 5.63. The highest BCUT2D eigenvalue weighted by atomic mass is 32.2. The zero-order valence-corrected chi connectivity index (χ0v) is 18.4. The van der Waals surface area contributed by atoms with E-state index in [4.69, 9.17) is 0 Å². The Labute approximate surface area is 183 Å². The van der Waals surface area contributed by atoms with Crippen LogP contribution in [0.2, 0.25) is 0 Å². The molecule has 0 bridgehead atoms. The summed E-state index contributed by atoms with van der Waals surface area (Å²) in [7, 11) is 2.05. The maximum absolute atomic E-state index is 13.5. The Morgan fingerprint density at radius 2 is 1.53 bits per heavy atom. The van der Waals surface area contributed by atoms with Gasteiger partial charge in [-0.05, 0) is 36.7 Å². The average molecular weight is 417 g/mol. The zero-order chi connectivity index (χ0) is 20.9. The van der Waals surface area contributed by atoms with Gasteiger partial charge in [-0.15, -0.1) is 11.8 Å². The summed E-state index contributed by atoms with van der Waals surface area (Å²) in [6, 6.07) is 29.2. The SMILES string of the molecule is C[C@H]1CCN(C(=O)CN(C)C(c2ccccc2)c2ccccc2)c2ccccc2S1. The number of hydrogen-bond donors (Lipinski definition) is 0. The second kappa shape index (κ2) is 9.50. The van der Waals surface area contributed by atoms with E-state index in [9.17, 15) is 4.79 Å². The summed E-state index contributed by atoms with van der Waals surface area (Å²) in [6.45, 7) is 3.36. The zero-order valence-electron chi connectivity index (χ0n) is 17.6. The number of amides is 1. The van der Waals surface area contributed by atoms with E-state index in [1.165, 1.54) is 16.0 Å². The molecule has 3 aromatic rings. The number of rotatable bonds is 5. The first kappa shape index (κ1) is 20.7. The summed E-state index contributed by atoms with van der Waals surface area (Å²) < 4.78 is 0. The third-order valence-corrected chi connectivity index (χ3v) is 6.84. The van der Waals surface area contributed by atoms with Gasteiger partial charge >= 0.3 is 0 Å². The fourth-order valence-electron chi connectivity index (χ4n) is 4.11. The maximum Gasteiger partial charge on any atom is 0.241 e. The number of carbonyl (C=O) groups excluding carboxylic acids is 1. The Kier molecular flexibility index (Phi) is 6.56. The molecular formula is C26H28N2OS. The molecule has 0 aromatic heterocycles. The van der Waals surface area contributed by atoms with Crippen LogP contribution in [0.25, 0.3) is 0 Å². The Balaban J connectivity index is 1.60. The van der Waals surface area contributed by atoms with Crippen molar-refractivity contribution in [1.82, 2.24) is 4.90 Å². The quantitative estimate of drug-likeness (QED) is 0.539. The van der Waals surface area contributed by atoms with E-state index in [1.807, 2.05) is 41.9 Å². The van der Waals surface area contributed by atoms with Crippen molar-refractivity contribution in [3.05, 3.63) is 96.1 Å². The summed E-state index contributed by atoms with van der Waals surface area (Å²) >= 11 is 1.87. The van der Waals surface area contributed by atoms with Gasteiger partial charge in [0, 0.05) is 16.7 Å². The number of carbonyl (C=O) groups is 1. The van der Waals surface area contributed by atoms with Crippen molar-refractivity contribution >= 4 is 23.4 Å². The Hall–Kier alpha value is -2.56. The number of para-hydroxylation sites is 1. The molecule has 0 saturated carbocycles. The summed E-state index contributed by atoms with van der Waals surface area (Å²) in [5.41, 5.74) is 3.43. The van der Waals surface area contributed by atoms with Gasteiger partial charge in [-0.3, -0.25) is 9.69 Å². The van der Waals surface area contributed by atoms with Gasteiger partial charge in [0.2, 0.25) is 5.91 Å². The van der Waals surface area contributed by atoms with E-state index >= 15 is 0 Å². The minimum absolute atomic E-state index is 0.0341. The summed E-state index contributed by atoms with van der Waals surface area (Å²) in [5.74, 6) is 0.150. The van der Waals surface area contributed by atoms with Crippen molar-refractivity contribution in [3.8, 4) is 0 Å². The average Bonchev–Trinajstić information content (AvgIpc) is 2.93. The molecule has 1 aliphatic heterocycles. The number of hydrogen-bond acceptors (Lipinski definition) is 3. The monoisotopic (exact) mass is 416 g/mol. The fourth-order valence-corrected chi connectivity index (χ4v) is 5.22. The number of benzene rings is 3. The first-order chi connectivity index (χ1) is 14.6. The van der Waals surface area contributed by atoms with Crippen LogP contribution < -0.4 is 4.90 Å². The maximum atomic E-state index is 13.5. The van der Waals surface area contributed by atoms with Gasteiger partial charge < -0.3 is 4.90 Å². The minimum atomic E-state index is 0.0341. The minimum Gasteiger partial charge on any atom is -0.310 e. The van der Waals surface area contributed by atoms with Crippen LogP contribution in [0.4, 0.5) is 5.69 Å². The normalized spacial score (nSPS) is 16.4. The molecule has 4 heteroatoms. The molecule has 3 nitrogen and oxygen atoms in total. The van der Waals surface area contributed by atoms with Crippen molar-refractivity contribution in [3.63, 3.8) is 0 Å². The van der Waals surface area contributed by atoms with Crippen molar-refractivity contribution in [2.24, 2.45) is 0 Å². The molecule has 1 heterocycles. The molecular weight excluding hydrogens is 388 g/mol. The molecule has 0 radical (unpaired) electrons. The van der Waals surface area contributed by atoms with E-state index in [0.717, 1.165) is 18.7 Å². The van der Waals surface area contributed by atoms with Gasteiger partial charge in [-0.25, -0.2) is 0 Å². The molecule has 3 aromatic carbocycles. The molecule has 0 fully saturated rings.